The highest BCUT2D eigenvalue weighted by atomic mass is 32.2. The van der Waals surface area contributed by atoms with Gasteiger partial charge in [-0.15, -0.1) is 0 Å². The number of anilines is 2. The van der Waals surface area contributed by atoms with Gasteiger partial charge < -0.3 is 5.73 Å². The normalized spacial score (nSPS) is 14.9. The van der Waals surface area contributed by atoms with Crippen molar-refractivity contribution in [2.75, 3.05) is 10.5 Å². The number of benzene rings is 1. The summed E-state index contributed by atoms with van der Waals surface area (Å²) in [5.41, 5.74) is 6.78. The van der Waals surface area contributed by atoms with Crippen LogP contribution in [0.2, 0.25) is 0 Å². The SMILES string of the molecule is Cc1cnc(C2CC2)nc1NS(=O)(=O)c1ccc(N)cc1. The fraction of sp³-hybridized carbons (Fsp3) is 0.286. The van der Waals surface area contributed by atoms with Crippen molar-refractivity contribution in [2.24, 2.45) is 0 Å². The standard InChI is InChI=1S/C14H16N4O2S/c1-9-8-16-14(10-2-3-10)17-13(9)18-21(19,20)12-6-4-11(15)5-7-12/h4-8,10H,2-3,15H2,1H3,(H,16,17,18). The minimum atomic E-state index is -3.67. The predicted octanol–water partition coefficient (Wildman–Crippen LogP) is 2.05. The molecule has 0 atom stereocenters. The maximum Gasteiger partial charge on any atom is 0.263 e. The number of rotatable bonds is 4. The third-order valence-corrected chi connectivity index (χ3v) is 4.71. The lowest BCUT2D eigenvalue weighted by Gasteiger charge is -2.10. The summed E-state index contributed by atoms with van der Waals surface area (Å²) >= 11 is 0. The fourth-order valence-electron chi connectivity index (χ4n) is 1.93. The Hall–Kier alpha value is -2.15. The van der Waals surface area contributed by atoms with Crippen LogP contribution in [0.4, 0.5) is 11.5 Å². The van der Waals surface area contributed by atoms with Gasteiger partial charge in [-0.2, -0.15) is 0 Å². The van der Waals surface area contributed by atoms with Crippen molar-refractivity contribution in [1.82, 2.24) is 9.97 Å². The highest BCUT2D eigenvalue weighted by molar-refractivity contribution is 7.92. The van der Waals surface area contributed by atoms with Crippen LogP contribution in [-0.4, -0.2) is 18.4 Å². The number of hydrogen-bond donors (Lipinski definition) is 2. The number of nitrogens with one attached hydrogen (secondary N) is 1. The predicted molar refractivity (Wildman–Crippen MR) is 80.4 cm³/mol. The zero-order valence-corrected chi connectivity index (χ0v) is 12.4. The minimum absolute atomic E-state index is 0.155. The van der Waals surface area contributed by atoms with E-state index in [2.05, 4.69) is 14.7 Å². The fourth-order valence-corrected chi connectivity index (χ4v) is 3.00. The van der Waals surface area contributed by atoms with Crippen LogP contribution in [0.1, 0.15) is 30.1 Å². The molecule has 6 nitrogen and oxygen atoms in total. The van der Waals surface area contributed by atoms with E-state index in [-0.39, 0.29) is 4.90 Å². The molecule has 110 valence electrons. The second-order valence-corrected chi connectivity index (χ2v) is 6.89. The van der Waals surface area contributed by atoms with E-state index >= 15 is 0 Å². The molecule has 3 N–H and O–H groups in total. The zero-order valence-electron chi connectivity index (χ0n) is 11.6. The molecule has 1 saturated carbocycles. The topological polar surface area (TPSA) is 98.0 Å². The first-order valence-electron chi connectivity index (χ1n) is 6.67. The van der Waals surface area contributed by atoms with Crippen LogP contribution in [0.25, 0.3) is 0 Å². The second kappa shape index (κ2) is 5.00. The molecule has 1 aliphatic rings. The van der Waals surface area contributed by atoms with Gasteiger partial charge in [-0.1, -0.05) is 0 Å². The maximum absolute atomic E-state index is 12.3. The van der Waals surface area contributed by atoms with Gasteiger partial charge in [-0.05, 0) is 44.0 Å². The number of hydrogen-bond acceptors (Lipinski definition) is 5. The van der Waals surface area contributed by atoms with E-state index in [9.17, 15) is 8.42 Å². The zero-order chi connectivity index (χ0) is 15.0. The Morgan fingerprint density at radius 3 is 2.52 bits per heavy atom. The van der Waals surface area contributed by atoms with Gasteiger partial charge in [0.15, 0.2) is 0 Å². The van der Waals surface area contributed by atoms with Crippen LogP contribution in [0.3, 0.4) is 0 Å². The van der Waals surface area contributed by atoms with E-state index < -0.39 is 10.0 Å². The molecule has 0 spiro atoms. The molecule has 0 amide bonds. The van der Waals surface area contributed by atoms with E-state index in [1.165, 1.54) is 12.1 Å². The molecule has 1 heterocycles. The van der Waals surface area contributed by atoms with Gasteiger partial charge in [-0.25, -0.2) is 18.4 Å². The summed E-state index contributed by atoms with van der Waals surface area (Å²) < 4.78 is 27.2. The van der Waals surface area contributed by atoms with Crippen LogP contribution in [-0.2, 0) is 10.0 Å². The van der Waals surface area contributed by atoms with Crippen molar-refractivity contribution in [3.05, 3.63) is 41.9 Å². The number of aromatic nitrogens is 2. The summed E-state index contributed by atoms with van der Waals surface area (Å²) in [5.74, 6) is 1.41. The van der Waals surface area contributed by atoms with E-state index in [0.717, 1.165) is 12.8 Å². The number of nitrogens with two attached hydrogens (primary N) is 1. The largest absolute Gasteiger partial charge is 0.399 e. The van der Waals surface area contributed by atoms with Crippen molar-refractivity contribution >= 4 is 21.5 Å². The van der Waals surface area contributed by atoms with E-state index in [1.54, 1.807) is 25.3 Å². The molecule has 1 aromatic heterocycles. The van der Waals surface area contributed by atoms with E-state index in [0.29, 0.717) is 28.8 Å². The summed E-state index contributed by atoms with van der Waals surface area (Å²) in [6.45, 7) is 1.78. The van der Waals surface area contributed by atoms with Crippen molar-refractivity contribution in [3.63, 3.8) is 0 Å². The van der Waals surface area contributed by atoms with Crippen molar-refractivity contribution in [2.45, 2.75) is 30.6 Å². The number of aryl methyl sites for hydroxylation is 1. The van der Waals surface area contributed by atoms with E-state index in [1.807, 2.05) is 0 Å². The van der Waals surface area contributed by atoms with Gasteiger partial charge in [0.2, 0.25) is 0 Å². The van der Waals surface area contributed by atoms with Crippen molar-refractivity contribution in [1.29, 1.82) is 0 Å². The van der Waals surface area contributed by atoms with Gasteiger partial charge in [0.1, 0.15) is 11.6 Å². The molecular weight excluding hydrogens is 288 g/mol. The molecule has 0 bridgehead atoms. The maximum atomic E-state index is 12.3. The molecule has 1 fully saturated rings. The third kappa shape index (κ3) is 2.97. The highest BCUT2D eigenvalue weighted by Crippen LogP contribution is 2.38. The van der Waals surface area contributed by atoms with Crippen LogP contribution in [0.15, 0.2) is 35.4 Å². The average Bonchev–Trinajstić information content (AvgIpc) is 3.26. The van der Waals surface area contributed by atoms with Crippen LogP contribution in [0, 0.1) is 6.92 Å². The Balaban J connectivity index is 1.91. The Bertz CT molecular complexity index is 768. The van der Waals surface area contributed by atoms with Gasteiger partial charge in [0.25, 0.3) is 10.0 Å². The van der Waals surface area contributed by atoms with Gasteiger partial charge in [0, 0.05) is 23.4 Å². The Labute approximate surface area is 123 Å². The number of sulfonamides is 1. The number of nitrogens with zero attached hydrogens (tertiary/aromatic N) is 2. The molecule has 0 aliphatic heterocycles. The molecular formula is C14H16N4O2S. The first kappa shape index (κ1) is 13.8. The minimum Gasteiger partial charge on any atom is -0.399 e. The smallest absolute Gasteiger partial charge is 0.263 e. The van der Waals surface area contributed by atoms with E-state index in [4.69, 9.17) is 5.73 Å². The molecule has 7 heteroatoms. The monoisotopic (exact) mass is 304 g/mol. The Morgan fingerprint density at radius 2 is 1.90 bits per heavy atom. The summed E-state index contributed by atoms with van der Waals surface area (Å²) in [4.78, 5) is 8.74. The quantitative estimate of drug-likeness (QED) is 0.842. The van der Waals surface area contributed by atoms with Gasteiger partial charge >= 0.3 is 0 Å². The first-order valence-corrected chi connectivity index (χ1v) is 8.16. The summed E-state index contributed by atoms with van der Waals surface area (Å²) in [5, 5.41) is 0. The Kier molecular flexibility index (Phi) is 3.29. The second-order valence-electron chi connectivity index (χ2n) is 5.21. The van der Waals surface area contributed by atoms with Gasteiger partial charge in [-0.3, -0.25) is 4.72 Å². The lowest BCUT2D eigenvalue weighted by Crippen LogP contribution is -2.15. The average molecular weight is 304 g/mol. The summed E-state index contributed by atoms with van der Waals surface area (Å²) in [6.07, 6.45) is 3.78. The molecule has 1 aromatic carbocycles. The first-order chi connectivity index (χ1) is 9.95. The van der Waals surface area contributed by atoms with Crippen molar-refractivity contribution in [3.8, 4) is 0 Å². The third-order valence-electron chi connectivity index (χ3n) is 3.35. The number of nitrogen functional groups attached to an aromatic ring is 1. The summed E-state index contributed by atoms with van der Waals surface area (Å²) in [6, 6.07) is 6.04. The summed E-state index contributed by atoms with van der Waals surface area (Å²) in [7, 11) is -3.67. The lowest BCUT2D eigenvalue weighted by molar-refractivity contribution is 0.601. The van der Waals surface area contributed by atoms with Crippen LogP contribution in [0.5, 0.6) is 0 Å². The highest BCUT2D eigenvalue weighted by Gasteiger charge is 2.27. The molecule has 0 saturated heterocycles. The molecule has 3 rings (SSSR count). The van der Waals surface area contributed by atoms with Gasteiger partial charge in [0.05, 0.1) is 4.90 Å². The molecule has 0 unspecified atom stereocenters. The molecule has 0 radical (unpaired) electrons. The van der Waals surface area contributed by atoms with Crippen molar-refractivity contribution < 1.29 is 8.42 Å². The van der Waals surface area contributed by atoms with Crippen LogP contribution >= 0.6 is 0 Å². The lowest BCUT2D eigenvalue weighted by atomic mass is 10.3. The Morgan fingerprint density at radius 1 is 1.24 bits per heavy atom. The molecule has 21 heavy (non-hydrogen) atoms. The molecule has 2 aromatic rings. The molecule has 1 aliphatic carbocycles. The van der Waals surface area contributed by atoms with Crippen LogP contribution < -0.4 is 10.5 Å².